The van der Waals surface area contributed by atoms with Gasteiger partial charge in [0.15, 0.2) is 6.10 Å². The van der Waals surface area contributed by atoms with E-state index >= 15 is 0 Å². The molecule has 0 radical (unpaired) electrons. The average molecular weight is 407 g/mol. The normalized spacial score (nSPS) is 17.4. The highest BCUT2D eigenvalue weighted by Gasteiger charge is 2.28. The molecular formula is C26H34N2O2. The van der Waals surface area contributed by atoms with E-state index in [0.717, 1.165) is 44.8 Å². The zero-order valence-electron chi connectivity index (χ0n) is 18.6. The van der Waals surface area contributed by atoms with Gasteiger partial charge in [-0.2, -0.15) is 0 Å². The van der Waals surface area contributed by atoms with Gasteiger partial charge in [-0.25, -0.2) is 0 Å². The number of amides is 1. The van der Waals surface area contributed by atoms with Gasteiger partial charge in [0.25, 0.3) is 5.91 Å². The number of rotatable bonds is 5. The molecule has 1 saturated heterocycles. The van der Waals surface area contributed by atoms with Gasteiger partial charge < -0.3 is 14.5 Å². The Labute approximate surface area is 180 Å². The summed E-state index contributed by atoms with van der Waals surface area (Å²) in [4.78, 5) is 17.5. The van der Waals surface area contributed by atoms with Crippen LogP contribution in [0.25, 0.3) is 0 Å². The Hall–Kier alpha value is -2.49. The van der Waals surface area contributed by atoms with Crippen molar-refractivity contribution in [2.75, 3.05) is 31.1 Å². The van der Waals surface area contributed by atoms with Crippen molar-refractivity contribution in [2.24, 2.45) is 0 Å². The van der Waals surface area contributed by atoms with Gasteiger partial charge in [0.2, 0.25) is 0 Å². The van der Waals surface area contributed by atoms with Gasteiger partial charge in [0.1, 0.15) is 5.75 Å². The Kier molecular flexibility index (Phi) is 6.31. The van der Waals surface area contributed by atoms with E-state index in [1.165, 1.54) is 40.8 Å². The molecule has 1 amide bonds. The summed E-state index contributed by atoms with van der Waals surface area (Å²) in [6.45, 7) is 9.60. The first-order chi connectivity index (χ1) is 14.6. The molecule has 0 bridgehead atoms. The maximum atomic E-state index is 13.2. The number of aryl methyl sites for hydroxylation is 3. The number of ether oxygens (including phenoxy) is 1. The summed E-state index contributed by atoms with van der Waals surface area (Å²) in [5.41, 5.74) is 6.77. The lowest BCUT2D eigenvalue weighted by molar-refractivity contribution is -0.139. The first-order valence-corrected chi connectivity index (χ1v) is 11.4. The van der Waals surface area contributed by atoms with Crippen molar-refractivity contribution in [2.45, 2.75) is 59.0 Å². The minimum atomic E-state index is -0.404. The number of fused-ring (bicyclic) bond motifs is 1. The Balaban J connectivity index is 1.38. The van der Waals surface area contributed by atoms with E-state index in [1.54, 1.807) is 0 Å². The fourth-order valence-corrected chi connectivity index (χ4v) is 4.71. The molecule has 0 N–H and O–H groups in total. The van der Waals surface area contributed by atoms with Crippen molar-refractivity contribution in [3.8, 4) is 5.75 Å². The fraction of sp³-hybridized carbons (Fsp3) is 0.500. The molecule has 1 aliphatic carbocycles. The molecule has 4 heteroatoms. The standard InChI is InChI=1S/C26H34N2O2/c1-4-25(30-23-13-12-21-9-5-6-10-22(21)18-23)26(29)28-16-14-27(15-17-28)24-11-7-8-19(2)20(24)3/h7-8,11-13,18,25H,4-6,9-10,14-17H2,1-3H3. The molecule has 160 valence electrons. The summed E-state index contributed by atoms with van der Waals surface area (Å²) in [5.74, 6) is 0.959. The van der Waals surface area contributed by atoms with Crippen LogP contribution in [0.4, 0.5) is 5.69 Å². The molecule has 1 fully saturated rings. The minimum Gasteiger partial charge on any atom is -0.481 e. The molecule has 1 atom stereocenters. The highest BCUT2D eigenvalue weighted by Crippen LogP contribution is 2.27. The second-order valence-corrected chi connectivity index (χ2v) is 8.68. The zero-order chi connectivity index (χ0) is 21.1. The molecule has 0 aromatic heterocycles. The lowest BCUT2D eigenvalue weighted by Crippen LogP contribution is -2.52. The van der Waals surface area contributed by atoms with Gasteiger partial charge in [-0.1, -0.05) is 25.1 Å². The number of piperazine rings is 1. The molecular weight excluding hydrogens is 372 g/mol. The summed E-state index contributed by atoms with van der Waals surface area (Å²) in [7, 11) is 0. The predicted molar refractivity (Wildman–Crippen MR) is 123 cm³/mol. The Morgan fingerprint density at radius 2 is 1.73 bits per heavy atom. The van der Waals surface area contributed by atoms with Crippen LogP contribution in [-0.4, -0.2) is 43.1 Å². The summed E-state index contributed by atoms with van der Waals surface area (Å²) < 4.78 is 6.19. The van der Waals surface area contributed by atoms with E-state index in [-0.39, 0.29) is 5.91 Å². The number of hydrogen-bond acceptors (Lipinski definition) is 3. The van der Waals surface area contributed by atoms with E-state index in [4.69, 9.17) is 4.74 Å². The van der Waals surface area contributed by atoms with Crippen molar-refractivity contribution >= 4 is 11.6 Å². The van der Waals surface area contributed by atoms with E-state index in [9.17, 15) is 4.79 Å². The van der Waals surface area contributed by atoms with Crippen molar-refractivity contribution in [3.05, 3.63) is 58.7 Å². The lowest BCUT2D eigenvalue weighted by Gasteiger charge is -2.38. The van der Waals surface area contributed by atoms with Gasteiger partial charge in [-0.3, -0.25) is 4.79 Å². The molecule has 0 spiro atoms. The molecule has 4 rings (SSSR count). The number of anilines is 1. The molecule has 1 aliphatic heterocycles. The molecule has 0 saturated carbocycles. The summed E-state index contributed by atoms with van der Waals surface area (Å²) in [6, 6.07) is 12.8. The largest absolute Gasteiger partial charge is 0.481 e. The Morgan fingerprint density at radius 1 is 1.00 bits per heavy atom. The summed E-state index contributed by atoms with van der Waals surface area (Å²) in [6.07, 6.45) is 5.09. The molecule has 2 aromatic rings. The summed E-state index contributed by atoms with van der Waals surface area (Å²) >= 11 is 0. The first-order valence-electron chi connectivity index (χ1n) is 11.4. The molecule has 1 unspecified atom stereocenters. The third kappa shape index (κ3) is 4.33. The Bertz CT molecular complexity index is 900. The number of carbonyl (C=O) groups is 1. The van der Waals surface area contributed by atoms with Crippen LogP contribution in [-0.2, 0) is 17.6 Å². The lowest BCUT2D eigenvalue weighted by atomic mass is 9.92. The average Bonchev–Trinajstić information content (AvgIpc) is 2.79. The number of hydrogen-bond donors (Lipinski definition) is 0. The highest BCUT2D eigenvalue weighted by atomic mass is 16.5. The fourth-order valence-electron chi connectivity index (χ4n) is 4.71. The molecule has 2 aromatic carbocycles. The van der Waals surface area contributed by atoms with E-state index in [0.29, 0.717) is 6.42 Å². The van der Waals surface area contributed by atoms with Crippen LogP contribution in [0.1, 0.15) is 48.4 Å². The van der Waals surface area contributed by atoms with Crippen LogP contribution in [0.2, 0.25) is 0 Å². The van der Waals surface area contributed by atoms with Gasteiger partial charge in [-0.15, -0.1) is 0 Å². The van der Waals surface area contributed by atoms with Crippen LogP contribution in [0.5, 0.6) is 5.75 Å². The van der Waals surface area contributed by atoms with Gasteiger partial charge in [0, 0.05) is 31.9 Å². The number of carbonyl (C=O) groups excluding carboxylic acids is 1. The molecule has 4 nitrogen and oxygen atoms in total. The van der Waals surface area contributed by atoms with Gasteiger partial charge in [0.05, 0.1) is 0 Å². The van der Waals surface area contributed by atoms with Crippen LogP contribution in [0.3, 0.4) is 0 Å². The second-order valence-electron chi connectivity index (χ2n) is 8.68. The van der Waals surface area contributed by atoms with Gasteiger partial charge >= 0.3 is 0 Å². The second kappa shape index (κ2) is 9.11. The van der Waals surface area contributed by atoms with Gasteiger partial charge in [-0.05, 0) is 86.4 Å². The first kappa shape index (κ1) is 20.8. The maximum absolute atomic E-state index is 13.2. The topological polar surface area (TPSA) is 32.8 Å². The predicted octanol–water partition coefficient (Wildman–Crippen LogP) is 4.69. The zero-order valence-corrected chi connectivity index (χ0v) is 18.6. The third-order valence-corrected chi connectivity index (χ3v) is 6.75. The monoisotopic (exact) mass is 406 g/mol. The minimum absolute atomic E-state index is 0.121. The van der Waals surface area contributed by atoms with Crippen LogP contribution < -0.4 is 9.64 Å². The third-order valence-electron chi connectivity index (χ3n) is 6.75. The SMILES string of the molecule is CCC(Oc1ccc2c(c1)CCCC2)C(=O)N1CCN(c2cccc(C)c2C)CC1. The van der Waals surface area contributed by atoms with Crippen LogP contribution >= 0.6 is 0 Å². The quantitative estimate of drug-likeness (QED) is 0.722. The van der Waals surface area contributed by atoms with Crippen LogP contribution in [0, 0.1) is 13.8 Å². The maximum Gasteiger partial charge on any atom is 0.263 e. The van der Waals surface area contributed by atoms with E-state index in [1.807, 2.05) is 17.9 Å². The highest BCUT2D eigenvalue weighted by molar-refractivity contribution is 5.81. The Morgan fingerprint density at radius 3 is 2.47 bits per heavy atom. The van der Waals surface area contributed by atoms with Crippen molar-refractivity contribution in [3.63, 3.8) is 0 Å². The number of nitrogens with zero attached hydrogens (tertiary/aromatic N) is 2. The molecule has 1 heterocycles. The molecule has 30 heavy (non-hydrogen) atoms. The summed E-state index contributed by atoms with van der Waals surface area (Å²) in [5, 5.41) is 0. The van der Waals surface area contributed by atoms with Crippen molar-refractivity contribution < 1.29 is 9.53 Å². The smallest absolute Gasteiger partial charge is 0.263 e. The molecule has 2 aliphatic rings. The number of benzene rings is 2. The van der Waals surface area contributed by atoms with E-state index < -0.39 is 6.10 Å². The van der Waals surface area contributed by atoms with E-state index in [2.05, 4.69) is 49.1 Å². The van der Waals surface area contributed by atoms with Crippen molar-refractivity contribution in [1.82, 2.24) is 4.90 Å². The van der Waals surface area contributed by atoms with Crippen molar-refractivity contribution in [1.29, 1.82) is 0 Å². The van der Waals surface area contributed by atoms with Crippen LogP contribution in [0.15, 0.2) is 36.4 Å².